The molecule has 88 valence electrons. The number of nitrogens with one attached hydrogen (secondary N) is 1. The summed E-state index contributed by atoms with van der Waals surface area (Å²) in [6.45, 7) is 4.27. The molecule has 0 spiro atoms. The van der Waals surface area contributed by atoms with Crippen LogP contribution in [0.15, 0.2) is 23.6 Å². The van der Waals surface area contributed by atoms with Crippen molar-refractivity contribution in [3.05, 3.63) is 34.7 Å². The van der Waals surface area contributed by atoms with Crippen molar-refractivity contribution in [3.8, 4) is 11.3 Å². The van der Waals surface area contributed by atoms with Crippen molar-refractivity contribution in [2.24, 2.45) is 0 Å². The van der Waals surface area contributed by atoms with E-state index < -0.39 is 0 Å². The Morgan fingerprint density at radius 2 is 2.12 bits per heavy atom. The Hall–Kier alpha value is -1.35. The lowest BCUT2D eigenvalue weighted by Crippen LogP contribution is -1.99. The third-order valence-corrected chi connectivity index (χ3v) is 3.84. The summed E-state index contributed by atoms with van der Waals surface area (Å²) in [4.78, 5) is 4.66. The molecular formula is C14H16N2S. The maximum absolute atomic E-state index is 4.66. The molecule has 1 saturated carbocycles. The predicted molar refractivity (Wildman–Crippen MR) is 73.7 cm³/mol. The average molecular weight is 244 g/mol. The SMILES string of the molecule is Cc1ccc(-c2csc(NC3CC3)n2)c(C)c1. The summed E-state index contributed by atoms with van der Waals surface area (Å²) >= 11 is 1.70. The summed E-state index contributed by atoms with van der Waals surface area (Å²) in [5.74, 6) is 0. The van der Waals surface area contributed by atoms with Gasteiger partial charge in [0.15, 0.2) is 5.13 Å². The molecule has 0 radical (unpaired) electrons. The molecule has 1 aliphatic carbocycles. The molecular weight excluding hydrogens is 228 g/mol. The van der Waals surface area contributed by atoms with Crippen LogP contribution in [0.2, 0.25) is 0 Å². The van der Waals surface area contributed by atoms with Gasteiger partial charge in [-0.2, -0.15) is 0 Å². The smallest absolute Gasteiger partial charge is 0.183 e. The molecule has 1 aromatic heterocycles. The third-order valence-electron chi connectivity index (χ3n) is 3.07. The first-order chi connectivity index (χ1) is 8.22. The van der Waals surface area contributed by atoms with Gasteiger partial charge in [0.05, 0.1) is 5.69 Å². The first-order valence-electron chi connectivity index (χ1n) is 6.02. The summed E-state index contributed by atoms with van der Waals surface area (Å²) in [6.07, 6.45) is 2.58. The predicted octanol–water partition coefficient (Wildman–Crippen LogP) is 4.00. The number of hydrogen-bond acceptors (Lipinski definition) is 3. The highest BCUT2D eigenvalue weighted by Gasteiger charge is 2.22. The first kappa shape index (κ1) is 10.8. The topological polar surface area (TPSA) is 24.9 Å². The lowest BCUT2D eigenvalue weighted by atomic mass is 10.0. The van der Waals surface area contributed by atoms with Gasteiger partial charge in [-0.05, 0) is 32.3 Å². The van der Waals surface area contributed by atoms with E-state index in [0.29, 0.717) is 6.04 Å². The van der Waals surface area contributed by atoms with E-state index in [0.717, 1.165) is 10.8 Å². The quantitative estimate of drug-likeness (QED) is 0.882. The summed E-state index contributed by atoms with van der Waals surface area (Å²) < 4.78 is 0. The Balaban J connectivity index is 1.89. The number of thiazole rings is 1. The van der Waals surface area contributed by atoms with Gasteiger partial charge in [0, 0.05) is 17.0 Å². The van der Waals surface area contributed by atoms with Gasteiger partial charge in [0.1, 0.15) is 0 Å². The van der Waals surface area contributed by atoms with Gasteiger partial charge in [-0.3, -0.25) is 0 Å². The van der Waals surface area contributed by atoms with Crippen molar-refractivity contribution >= 4 is 16.5 Å². The Bertz CT molecular complexity index is 541. The Labute approximate surface area is 106 Å². The second-order valence-corrected chi connectivity index (χ2v) is 5.63. The minimum absolute atomic E-state index is 0.674. The highest BCUT2D eigenvalue weighted by molar-refractivity contribution is 7.14. The average Bonchev–Trinajstić information content (AvgIpc) is 2.96. The molecule has 2 aromatic rings. The maximum atomic E-state index is 4.66. The molecule has 0 aliphatic heterocycles. The zero-order valence-corrected chi connectivity index (χ0v) is 11.0. The third kappa shape index (κ3) is 2.34. The van der Waals surface area contributed by atoms with Crippen LogP contribution in [-0.2, 0) is 0 Å². The molecule has 1 fully saturated rings. The summed E-state index contributed by atoms with van der Waals surface area (Å²) in [5, 5.41) is 6.64. The van der Waals surface area contributed by atoms with E-state index in [4.69, 9.17) is 0 Å². The van der Waals surface area contributed by atoms with Crippen LogP contribution in [0.25, 0.3) is 11.3 Å². The number of anilines is 1. The van der Waals surface area contributed by atoms with E-state index in [9.17, 15) is 0 Å². The summed E-state index contributed by atoms with van der Waals surface area (Å²) in [7, 11) is 0. The highest BCUT2D eigenvalue weighted by atomic mass is 32.1. The zero-order valence-electron chi connectivity index (χ0n) is 10.2. The molecule has 0 amide bonds. The standard InChI is InChI=1S/C14H16N2S/c1-9-3-6-12(10(2)7-9)13-8-17-14(16-13)15-11-4-5-11/h3,6-8,11H,4-5H2,1-2H3,(H,15,16). The van der Waals surface area contributed by atoms with Crippen LogP contribution in [0.5, 0.6) is 0 Å². The van der Waals surface area contributed by atoms with Crippen molar-refractivity contribution in [1.82, 2.24) is 4.98 Å². The van der Waals surface area contributed by atoms with E-state index in [1.54, 1.807) is 11.3 Å². The molecule has 3 rings (SSSR count). The molecule has 1 heterocycles. The molecule has 1 aliphatic rings. The molecule has 2 nitrogen and oxygen atoms in total. The van der Waals surface area contributed by atoms with Gasteiger partial charge in [-0.15, -0.1) is 11.3 Å². The molecule has 0 bridgehead atoms. The minimum atomic E-state index is 0.674. The van der Waals surface area contributed by atoms with E-state index in [1.165, 1.54) is 29.5 Å². The number of hydrogen-bond donors (Lipinski definition) is 1. The van der Waals surface area contributed by atoms with Gasteiger partial charge in [-0.1, -0.05) is 23.8 Å². The normalized spacial score (nSPS) is 14.9. The van der Waals surface area contributed by atoms with Gasteiger partial charge in [0.25, 0.3) is 0 Å². The molecule has 0 saturated heterocycles. The number of aryl methyl sites for hydroxylation is 2. The molecule has 1 aromatic carbocycles. The number of nitrogens with zero attached hydrogens (tertiary/aromatic N) is 1. The molecule has 0 atom stereocenters. The van der Waals surface area contributed by atoms with Crippen LogP contribution in [0.3, 0.4) is 0 Å². The van der Waals surface area contributed by atoms with Crippen LogP contribution < -0.4 is 5.32 Å². The summed E-state index contributed by atoms with van der Waals surface area (Å²) in [6, 6.07) is 7.20. The first-order valence-corrected chi connectivity index (χ1v) is 6.90. The van der Waals surface area contributed by atoms with Gasteiger partial charge < -0.3 is 5.32 Å². The fraction of sp³-hybridized carbons (Fsp3) is 0.357. The molecule has 3 heteroatoms. The van der Waals surface area contributed by atoms with Gasteiger partial charge >= 0.3 is 0 Å². The van der Waals surface area contributed by atoms with E-state index in [1.807, 2.05) is 0 Å². The Morgan fingerprint density at radius 1 is 1.29 bits per heavy atom. The maximum Gasteiger partial charge on any atom is 0.183 e. The van der Waals surface area contributed by atoms with Crippen molar-refractivity contribution < 1.29 is 0 Å². The number of rotatable bonds is 3. The van der Waals surface area contributed by atoms with E-state index >= 15 is 0 Å². The monoisotopic (exact) mass is 244 g/mol. The van der Waals surface area contributed by atoms with Crippen molar-refractivity contribution in [3.63, 3.8) is 0 Å². The Morgan fingerprint density at radius 3 is 2.82 bits per heavy atom. The van der Waals surface area contributed by atoms with Crippen LogP contribution in [0.1, 0.15) is 24.0 Å². The second kappa shape index (κ2) is 4.15. The molecule has 1 N–H and O–H groups in total. The van der Waals surface area contributed by atoms with Gasteiger partial charge in [0.2, 0.25) is 0 Å². The lowest BCUT2D eigenvalue weighted by molar-refractivity contribution is 1.14. The van der Waals surface area contributed by atoms with E-state index in [-0.39, 0.29) is 0 Å². The van der Waals surface area contributed by atoms with Crippen LogP contribution in [0.4, 0.5) is 5.13 Å². The van der Waals surface area contributed by atoms with Crippen LogP contribution in [-0.4, -0.2) is 11.0 Å². The number of aromatic nitrogens is 1. The lowest BCUT2D eigenvalue weighted by Gasteiger charge is -2.03. The van der Waals surface area contributed by atoms with Crippen molar-refractivity contribution in [1.29, 1.82) is 0 Å². The highest BCUT2D eigenvalue weighted by Crippen LogP contribution is 2.31. The van der Waals surface area contributed by atoms with Crippen LogP contribution in [0, 0.1) is 13.8 Å². The zero-order chi connectivity index (χ0) is 11.8. The molecule has 17 heavy (non-hydrogen) atoms. The largest absolute Gasteiger partial charge is 0.359 e. The summed E-state index contributed by atoms with van der Waals surface area (Å²) in [5.41, 5.74) is 4.94. The number of benzene rings is 1. The fourth-order valence-corrected chi connectivity index (χ4v) is 2.76. The van der Waals surface area contributed by atoms with Crippen LogP contribution >= 0.6 is 11.3 Å². The fourth-order valence-electron chi connectivity index (χ4n) is 1.97. The van der Waals surface area contributed by atoms with Crippen molar-refractivity contribution in [2.45, 2.75) is 32.7 Å². The molecule has 0 unspecified atom stereocenters. The second-order valence-electron chi connectivity index (χ2n) is 4.77. The van der Waals surface area contributed by atoms with Crippen molar-refractivity contribution in [2.75, 3.05) is 5.32 Å². The Kier molecular flexibility index (Phi) is 2.63. The van der Waals surface area contributed by atoms with Gasteiger partial charge in [-0.25, -0.2) is 4.98 Å². The minimum Gasteiger partial charge on any atom is -0.359 e. The van der Waals surface area contributed by atoms with E-state index in [2.05, 4.69) is 47.7 Å².